The fourth-order valence-corrected chi connectivity index (χ4v) is 3.80. The Balaban J connectivity index is 1.68. The van der Waals surface area contributed by atoms with Gasteiger partial charge in [0.05, 0.1) is 17.0 Å². The van der Waals surface area contributed by atoms with Crippen LogP contribution in [0.25, 0.3) is 11.3 Å². The van der Waals surface area contributed by atoms with Crippen LogP contribution < -0.4 is 0 Å². The molecule has 4 rings (SSSR count). The maximum Gasteiger partial charge on any atom is 0.227 e. The lowest BCUT2D eigenvalue weighted by Gasteiger charge is -2.36. The Morgan fingerprint density at radius 3 is 2.63 bits per heavy atom. The van der Waals surface area contributed by atoms with Crippen molar-refractivity contribution in [2.45, 2.75) is 65.2 Å². The lowest BCUT2D eigenvalue weighted by atomic mass is 9.88. The van der Waals surface area contributed by atoms with Crippen LogP contribution in [0.1, 0.15) is 75.5 Å². The second-order valence-corrected chi connectivity index (χ2v) is 8.97. The number of piperidine rings is 1. The van der Waals surface area contributed by atoms with Gasteiger partial charge in [-0.1, -0.05) is 25.9 Å². The van der Waals surface area contributed by atoms with Gasteiger partial charge in [0.1, 0.15) is 5.82 Å². The number of carbonyl (C=O) groups excluding carboxylic acids is 1. The largest absolute Gasteiger partial charge is 0.356 e. The van der Waals surface area contributed by atoms with Crippen LogP contribution >= 0.6 is 0 Å². The number of hydrogen-bond acceptors (Lipinski definition) is 5. The molecule has 3 heterocycles. The van der Waals surface area contributed by atoms with Crippen molar-refractivity contribution in [2.24, 2.45) is 5.41 Å². The summed E-state index contributed by atoms with van der Waals surface area (Å²) >= 11 is 0. The zero-order chi connectivity index (χ0) is 19.2. The van der Waals surface area contributed by atoms with Gasteiger partial charge in [-0.15, -0.1) is 0 Å². The van der Waals surface area contributed by atoms with Crippen LogP contribution in [0, 0.1) is 12.3 Å². The molecule has 144 valence electrons. The van der Waals surface area contributed by atoms with E-state index in [1.54, 1.807) is 0 Å². The van der Waals surface area contributed by atoms with Crippen molar-refractivity contribution in [1.29, 1.82) is 0 Å². The number of nitrogens with zero attached hydrogens (tertiary/aromatic N) is 4. The summed E-state index contributed by atoms with van der Waals surface area (Å²) in [6.45, 7) is 9.39. The van der Waals surface area contributed by atoms with Crippen molar-refractivity contribution in [3.63, 3.8) is 0 Å². The average Bonchev–Trinajstić information content (AvgIpc) is 3.41. The first-order valence-electron chi connectivity index (χ1n) is 9.93. The minimum Gasteiger partial charge on any atom is -0.356 e. The highest BCUT2D eigenvalue weighted by Gasteiger charge is 2.34. The third kappa shape index (κ3) is 3.75. The molecule has 0 bridgehead atoms. The molecule has 1 unspecified atom stereocenters. The van der Waals surface area contributed by atoms with Gasteiger partial charge in [0, 0.05) is 42.6 Å². The lowest BCUT2D eigenvalue weighted by molar-refractivity contribution is -0.140. The van der Waals surface area contributed by atoms with Gasteiger partial charge in [0.2, 0.25) is 5.91 Å². The van der Waals surface area contributed by atoms with Crippen molar-refractivity contribution >= 4 is 5.91 Å². The van der Waals surface area contributed by atoms with Crippen molar-refractivity contribution in [2.75, 3.05) is 13.1 Å². The molecule has 0 radical (unpaired) electrons. The SMILES string of the molecule is Cc1cc(-c2cnc(C3CC3)nc2C2CCCN(C(=O)C(C)(C)C)C2)on1. The maximum atomic E-state index is 12.8. The Morgan fingerprint density at radius 1 is 1.22 bits per heavy atom. The van der Waals surface area contributed by atoms with E-state index in [0.29, 0.717) is 18.2 Å². The van der Waals surface area contributed by atoms with E-state index >= 15 is 0 Å². The van der Waals surface area contributed by atoms with E-state index in [4.69, 9.17) is 9.51 Å². The molecule has 1 saturated heterocycles. The first-order valence-corrected chi connectivity index (χ1v) is 9.93. The fourth-order valence-electron chi connectivity index (χ4n) is 3.80. The smallest absolute Gasteiger partial charge is 0.227 e. The molecule has 2 aliphatic rings. The summed E-state index contributed by atoms with van der Waals surface area (Å²) in [5.41, 5.74) is 2.40. The van der Waals surface area contributed by atoms with Crippen molar-refractivity contribution in [3.05, 3.63) is 29.5 Å². The van der Waals surface area contributed by atoms with E-state index in [0.717, 1.165) is 42.2 Å². The Hall–Kier alpha value is -2.24. The van der Waals surface area contributed by atoms with Crippen LogP contribution in [0.15, 0.2) is 16.8 Å². The van der Waals surface area contributed by atoms with Crippen molar-refractivity contribution in [3.8, 4) is 11.3 Å². The normalized spacial score (nSPS) is 20.7. The van der Waals surface area contributed by atoms with Gasteiger partial charge in [0.25, 0.3) is 0 Å². The molecule has 2 fully saturated rings. The molecule has 6 nitrogen and oxygen atoms in total. The summed E-state index contributed by atoms with van der Waals surface area (Å²) in [7, 11) is 0. The van der Waals surface area contributed by atoms with Crippen molar-refractivity contribution < 1.29 is 9.32 Å². The van der Waals surface area contributed by atoms with Gasteiger partial charge < -0.3 is 9.42 Å². The van der Waals surface area contributed by atoms with E-state index in [1.807, 2.05) is 44.9 Å². The van der Waals surface area contributed by atoms with Crippen LogP contribution in [-0.4, -0.2) is 39.0 Å². The highest BCUT2D eigenvalue weighted by Crippen LogP contribution is 2.40. The van der Waals surface area contributed by atoms with E-state index in [9.17, 15) is 4.79 Å². The molecule has 2 aromatic rings. The summed E-state index contributed by atoms with van der Waals surface area (Å²) < 4.78 is 5.52. The molecule has 0 spiro atoms. The molecule has 1 aliphatic heterocycles. The molecule has 0 aromatic carbocycles. The molecule has 6 heteroatoms. The lowest BCUT2D eigenvalue weighted by Crippen LogP contribution is -2.44. The highest BCUT2D eigenvalue weighted by atomic mass is 16.5. The first-order chi connectivity index (χ1) is 12.8. The van der Waals surface area contributed by atoms with E-state index in [1.165, 1.54) is 12.8 Å². The van der Waals surface area contributed by atoms with Gasteiger partial charge in [-0.05, 0) is 32.6 Å². The first kappa shape index (κ1) is 18.1. The molecule has 2 aromatic heterocycles. The summed E-state index contributed by atoms with van der Waals surface area (Å²) in [5.74, 6) is 2.55. The van der Waals surface area contributed by atoms with Crippen molar-refractivity contribution in [1.82, 2.24) is 20.0 Å². The van der Waals surface area contributed by atoms with Gasteiger partial charge in [-0.3, -0.25) is 4.79 Å². The van der Waals surface area contributed by atoms with Crippen LogP contribution in [0.5, 0.6) is 0 Å². The highest BCUT2D eigenvalue weighted by molar-refractivity contribution is 5.81. The number of amides is 1. The Kier molecular flexibility index (Phi) is 4.52. The monoisotopic (exact) mass is 368 g/mol. The Bertz CT molecular complexity index is 848. The molecule has 27 heavy (non-hydrogen) atoms. The number of rotatable bonds is 3. The quantitative estimate of drug-likeness (QED) is 0.816. The van der Waals surface area contributed by atoms with E-state index in [-0.39, 0.29) is 17.2 Å². The maximum absolute atomic E-state index is 12.8. The van der Waals surface area contributed by atoms with Crippen LogP contribution in [0.4, 0.5) is 0 Å². The number of likely N-dealkylation sites (tertiary alicyclic amines) is 1. The van der Waals surface area contributed by atoms with Crippen LogP contribution in [-0.2, 0) is 4.79 Å². The third-order valence-corrected chi connectivity index (χ3v) is 5.41. The standard InChI is InChI=1S/C21H28N4O2/c1-13-10-17(27-24-13)16-11-22-19(14-7-8-14)23-18(16)15-6-5-9-25(12-15)20(26)21(2,3)4/h10-11,14-15H,5-9,12H2,1-4H3. The summed E-state index contributed by atoms with van der Waals surface area (Å²) in [4.78, 5) is 24.4. The minimum absolute atomic E-state index is 0.200. The molecule has 1 amide bonds. The predicted molar refractivity (Wildman–Crippen MR) is 102 cm³/mol. The second kappa shape index (κ2) is 6.73. The molecule has 1 saturated carbocycles. The number of aryl methyl sites for hydroxylation is 1. The van der Waals surface area contributed by atoms with Crippen LogP contribution in [0.2, 0.25) is 0 Å². The van der Waals surface area contributed by atoms with Gasteiger partial charge in [-0.25, -0.2) is 9.97 Å². The average molecular weight is 368 g/mol. The zero-order valence-corrected chi connectivity index (χ0v) is 16.7. The second-order valence-electron chi connectivity index (χ2n) is 8.97. The zero-order valence-electron chi connectivity index (χ0n) is 16.7. The van der Waals surface area contributed by atoms with Crippen LogP contribution in [0.3, 0.4) is 0 Å². The predicted octanol–water partition coefficient (Wildman–Crippen LogP) is 4.07. The number of carbonyl (C=O) groups is 1. The Morgan fingerprint density at radius 2 is 2.00 bits per heavy atom. The molecule has 1 aliphatic carbocycles. The molecular formula is C21H28N4O2. The Labute approximate surface area is 160 Å². The summed E-state index contributed by atoms with van der Waals surface area (Å²) in [5, 5.41) is 4.03. The van der Waals surface area contributed by atoms with Gasteiger partial charge in [0.15, 0.2) is 5.76 Å². The van der Waals surface area contributed by atoms with Gasteiger partial charge >= 0.3 is 0 Å². The number of aromatic nitrogens is 3. The van der Waals surface area contributed by atoms with E-state index < -0.39 is 0 Å². The fraction of sp³-hybridized carbons (Fsp3) is 0.619. The summed E-state index contributed by atoms with van der Waals surface area (Å²) in [6, 6.07) is 1.93. The minimum atomic E-state index is -0.363. The van der Waals surface area contributed by atoms with E-state index in [2.05, 4.69) is 10.1 Å². The topological polar surface area (TPSA) is 72.1 Å². The molecule has 0 N–H and O–H groups in total. The molecular weight excluding hydrogens is 340 g/mol. The third-order valence-electron chi connectivity index (χ3n) is 5.41. The summed E-state index contributed by atoms with van der Waals surface area (Å²) in [6.07, 6.45) is 6.23. The number of hydrogen-bond donors (Lipinski definition) is 0. The van der Waals surface area contributed by atoms with Gasteiger partial charge in [-0.2, -0.15) is 0 Å². The molecule has 1 atom stereocenters.